The van der Waals surface area contributed by atoms with Crippen LogP contribution in [0.2, 0.25) is 0 Å². The van der Waals surface area contributed by atoms with Crippen molar-refractivity contribution in [3.8, 4) is 0 Å². The minimum Gasteiger partial charge on any atom is -0.477 e. The number of carboxylic acid groups (broad SMARTS) is 1. The Morgan fingerprint density at radius 3 is 2.90 bits per heavy atom. The largest absolute Gasteiger partial charge is 0.477 e. The smallest absolute Gasteiger partial charge is 0.341 e. The van der Waals surface area contributed by atoms with E-state index < -0.39 is 23.4 Å². The minimum absolute atomic E-state index is 0.0888. The SMILES string of the molecule is CNC1CC=CC2CN(c3c(F)cc4c(=O)c(C(=O)O)cn5c4c3COC5C)CC21. The zero-order valence-electron chi connectivity index (χ0n) is 16.9. The Balaban J connectivity index is 1.69. The quantitative estimate of drug-likeness (QED) is 0.753. The van der Waals surface area contributed by atoms with Crippen LogP contribution in [0.25, 0.3) is 10.9 Å². The third-order valence-electron chi connectivity index (χ3n) is 6.82. The van der Waals surface area contributed by atoms with Crippen LogP contribution in [0.5, 0.6) is 0 Å². The molecule has 1 aromatic heterocycles. The molecule has 0 bridgehead atoms. The molecule has 2 aromatic rings. The highest BCUT2D eigenvalue weighted by molar-refractivity contribution is 5.95. The molecule has 5 rings (SSSR count). The number of nitrogens with one attached hydrogen (secondary N) is 1. The zero-order valence-corrected chi connectivity index (χ0v) is 16.9. The van der Waals surface area contributed by atoms with Crippen molar-refractivity contribution < 1.29 is 19.0 Å². The standard InChI is InChI=1S/C22H24FN3O4/c1-11-26-9-15(22(28)29)21(27)13-6-17(23)20(16(10-30-11)19(13)26)25-7-12-4-3-5-18(24-2)14(12)8-25/h3-4,6,9,11-12,14,18,24H,5,7-8,10H2,1-2H3,(H,28,29). The number of hydrogen-bond acceptors (Lipinski definition) is 5. The van der Waals surface area contributed by atoms with Crippen LogP contribution in [-0.2, 0) is 11.3 Å². The zero-order chi connectivity index (χ0) is 21.2. The van der Waals surface area contributed by atoms with Gasteiger partial charge in [0.05, 0.1) is 23.2 Å². The summed E-state index contributed by atoms with van der Waals surface area (Å²) < 4.78 is 22.9. The van der Waals surface area contributed by atoms with Crippen molar-refractivity contribution in [2.45, 2.75) is 32.2 Å². The van der Waals surface area contributed by atoms with Gasteiger partial charge in [-0.25, -0.2) is 9.18 Å². The molecule has 3 heterocycles. The summed E-state index contributed by atoms with van der Waals surface area (Å²) in [6.45, 7) is 3.37. The first-order chi connectivity index (χ1) is 14.4. The van der Waals surface area contributed by atoms with E-state index in [0.29, 0.717) is 47.7 Å². The number of hydrogen-bond donors (Lipinski definition) is 2. The molecule has 4 atom stereocenters. The molecule has 0 amide bonds. The number of aromatic carboxylic acids is 1. The number of anilines is 1. The van der Waals surface area contributed by atoms with Gasteiger partial charge in [0.15, 0.2) is 0 Å². The van der Waals surface area contributed by atoms with Crippen LogP contribution in [0, 0.1) is 17.7 Å². The van der Waals surface area contributed by atoms with Crippen molar-refractivity contribution in [3.05, 3.63) is 51.6 Å². The Morgan fingerprint density at radius 1 is 1.37 bits per heavy atom. The fourth-order valence-corrected chi connectivity index (χ4v) is 5.33. The maximum atomic E-state index is 15.4. The van der Waals surface area contributed by atoms with Crippen LogP contribution in [0.15, 0.2) is 29.2 Å². The summed E-state index contributed by atoms with van der Waals surface area (Å²) in [6, 6.07) is 1.54. The average molecular weight is 413 g/mol. The van der Waals surface area contributed by atoms with Gasteiger partial charge in [-0.3, -0.25) is 4.79 Å². The van der Waals surface area contributed by atoms with E-state index in [4.69, 9.17) is 4.74 Å². The fourth-order valence-electron chi connectivity index (χ4n) is 5.33. The predicted molar refractivity (Wildman–Crippen MR) is 110 cm³/mol. The van der Waals surface area contributed by atoms with Crippen molar-refractivity contribution in [2.24, 2.45) is 11.8 Å². The molecule has 4 unspecified atom stereocenters. The lowest BCUT2D eigenvalue weighted by molar-refractivity contribution is -0.00180. The summed E-state index contributed by atoms with van der Waals surface area (Å²) in [5.41, 5.74) is 0.592. The summed E-state index contributed by atoms with van der Waals surface area (Å²) in [4.78, 5) is 26.4. The van der Waals surface area contributed by atoms with E-state index in [1.807, 2.05) is 7.05 Å². The van der Waals surface area contributed by atoms with Crippen molar-refractivity contribution in [1.29, 1.82) is 0 Å². The topological polar surface area (TPSA) is 83.8 Å². The maximum Gasteiger partial charge on any atom is 0.341 e. The van der Waals surface area contributed by atoms with Crippen molar-refractivity contribution >= 4 is 22.6 Å². The number of halogens is 1. The normalized spacial score (nSPS) is 27.5. The Labute approximate surface area is 172 Å². The Morgan fingerprint density at radius 2 is 2.17 bits per heavy atom. The Bertz CT molecular complexity index is 1140. The first-order valence-electron chi connectivity index (χ1n) is 10.2. The first-order valence-corrected chi connectivity index (χ1v) is 10.2. The third kappa shape index (κ3) is 2.70. The number of aromatic nitrogens is 1. The minimum atomic E-state index is -1.33. The molecule has 2 aliphatic heterocycles. The second-order valence-electron chi connectivity index (χ2n) is 8.37. The summed E-state index contributed by atoms with van der Waals surface area (Å²) in [7, 11) is 1.96. The average Bonchev–Trinajstić information content (AvgIpc) is 3.15. The monoisotopic (exact) mass is 413 g/mol. The number of nitrogens with zero attached hydrogens (tertiary/aromatic N) is 2. The third-order valence-corrected chi connectivity index (χ3v) is 6.82. The summed E-state index contributed by atoms with van der Waals surface area (Å²) in [6.07, 6.45) is 6.22. The van der Waals surface area contributed by atoms with Gasteiger partial charge >= 0.3 is 5.97 Å². The van der Waals surface area contributed by atoms with Gasteiger partial charge in [0, 0.05) is 36.8 Å². The van der Waals surface area contributed by atoms with Gasteiger partial charge in [0.1, 0.15) is 17.6 Å². The molecule has 3 aliphatic rings. The van der Waals surface area contributed by atoms with Gasteiger partial charge < -0.3 is 24.6 Å². The van der Waals surface area contributed by atoms with Crippen molar-refractivity contribution in [1.82, 2.24) is 9.88 Å². The van der Waals surface area contributed by atoms with Gasteiger partial charge in [-0.2, -0.15) is 0 Å². The van der Waals surface area contributed by atoms with Gasteiger partial charge in [-0.15, -0.1) is 0 Å². The van der Waals surface area contributed by atoms with Crippen molar-refractivity contribution in [3.63, 3.8) is 0 Å². The number of pyridine rings is 1. The number of ether oxygens (including phenoxy) is 1. The molecule has 1 saturated heterocycles. The molecule has 158 valence electrons. The van der Waals surface area contributed by atoms with Crippen LogP contribution in [-0.4, -0.2) is 41.8 Å². The molecule has 0 spiro atoms. The molecule has 30 heavy (non-hydrogen) atoms. The number of carboxylic acids is 1. The molecule has 7 nitrogen and oxygen atoms in total. The Kier molecular flexibility index (Phi) is 4.44. The molecule has 2 N–H and O–H groups in total. The van der Waals surface area contributed by atoms with E-state index in [-0.39, 0.29) is 17.6 Å². The van der Waals surface area contributed by atoms with E-state index in [1.54, 1.807) is 11.5 Å². The highest BCUT2D eigenvalue weighted by Gasteiger charge is 2.40. The number of carbonyl (C=O) groups is 1. The van der Waals surface area contributed by atoms with Crippen LogP contribution < -0.4 is 15.6 Å². The molecule has 1 aromatic carbocycles. The lowest BCUT2D eigenvalue weighted by Gasteiger charge is -2.31. The molecular weight excluding hydrogens is 389 g/mol. The molecule has 8 heteroatoms. The van der Waals surface area contributed by atoms with Gasteiger partial charge in [-0.05, 0) is 32.4 Å². The van der Waals surface area contributed by atoms with E-state index >= 15 is 4.39 Å². The number of benzene rings is 1. The summed E-state index contributed by atoms with van der Waals surface area (Å²) in [5, 5.41) is 12.9. The molecular formula is C22H24FN3O4. The van der Waals surface area contributed by atoms with Crippen LogP contribution in [0.3, 0.4) is 0 Å². The second kappa shape index (κ2) is 6.92. The van der Waals surface area contributed by atoms with Crippen LogP contribution in [0.1, 0.15) is 35.5 Å². The van der Waals surface area contributed by atoms with Crippen LogP contribution in [0.4, 0.5) is 10.1 Å². The highest BCUT2D eigenvalue weighted by atomic mass is 19.1. The van der Waals surface area contributed by atoms with Gasteiger partial charge in [-0.1, -0.05) is 12.2 Å². The molecule has 0 saturated carbocycles. The van der Waals surface area contributed by atoms with E-state index in [9.17, 15) is 14.7 Å². The van der Waals surface area contributed by atoms with Crippen molar-refractivity contribution in [2.75, 3.05) is 25.0 Å². The maximum absolute atomic E-state index is 15.4. The fraction of sp³-hybridized carbons (Fsp3) is 0.455. The molecule has 1 aliphatic carbocycles. The molecule has 1 fully saturated rings. The molecule has 0 radical (unpaired) electrons. The predicted octanol–water partition coefficient (Wildman–Crippen LogP) is 2.49. The van der Waals surface area contributed by atoms with E-state index in [1.165, 1.54) is 12.3 Å². The lowest BCUT2D eigenvalue weighted by atomic mass is 9.83. The highest BCUT2D eigenvalue weighted by Crippen LogP contribution is 2.41. The van der Waals surface area contributed by atoms with E-state index in [0.717, 1.165) is 6.42 Å². The summed E-state index contributed by atoms with van der Waals surface area (Å²) >= 11 is 0. The van der Waals surface area contributed by atoms with Crippen LogP contribution >= 0.6 is 0 Å². The lowest BCUT2D eigenvalue weighted by Crippen LogP contribution is -2.39. The second-order valence-corrected chi connectivity index (χ2v) is 8.37. The summed E-state index contributed by atoms with van der Waals surface area (Å²) in [5.74, 6) is -1.13. The number of rotatable bonds is 3. The van der Waals surface area contributed by atoms with Gasteiger partial charge in [0.2, 0.25) is 5.43 Å². The van der Waals surface area contributed by atoms with E-state index in [2.05, 4.69) is 22.4 Å². The Hall–Kier alpha value is -2.71. The number of fused-ring (bicyclic) bond motifs is 1. The first kappa shape index (κ1) is 19.3. The van der Waals surface area contributed by atoms with Gasteiger partial charge in [0.25, 0.3) is 0 Å².